The maximum absolute atomic E-state index is 12.7. The fraction of sp³-hybridized carbons (Fsp3) is 0.353. The molecule has 5 nitrogen and oxygen atoms in total. The van der Waals surface area contributed by atoms with Crippen LogP contribution in [0.2, 0.25) is 0 Å². The normalized spacial score (nSPS) is 12.2. The van der Waals surface area contributed by atoms with Gasteiger partial charge in [0.25, 0.3) is 5.56 Å². The van der Waals surface area contributed by atoms with Gasteiger partial charge in [0.15, 0.2) is 0 Å². The highest BCUT2D eigenvalue weighted by Gasteiger charge is 2.20. The Morgan fingerprint density at radius 2 is 2.05 bits per heavy atom. The Bertz CT molecular complexity index is 776. The summed E-state index contributed by atoms with van der Waals surface area (Å²) in [6, 6.07) is 5.50. The summed E-state index contributed by atoms with van der Waals surface area (Å²) in [7, 11) is 4.76. The monoisotopic (exact) mass is 303 g/mol. The van der Waals surface area contributed by atoms with E-state index < -0.39 is 6.10 Å². The number of rotatable bonds is 5. The molecule has 0 aliphatic heterocycles. The molecule has 0 amide bonds. The van der Waals surface area contributed by atoms with Gasteiger partial charge in [0, 0.05) is 18.9 Å². The molecular weight excluding hydrogens is 282 g/mol. The maximum Gasteiger partial charge on any atom is 0.257 e. The number of methoxy groups -OCH3 is 2. The van der Waals surface area contributed by atoms with Gasteiger partial charge in [-0.3, -0.25) is 4.79 Å². The minimum absolute atomic E-state index is 0.165. The SMILES string of the molecule is C=C(C)[C@@H](O)Cc1c(OC)c2cccc(OC)c2n(C)c1=O. The predicted octanol–water partition coefficient (Wildman–Crippen LogP) is 2.04. The van der Waals surface area contributed by atoms with Crippen LogP contribution in [0.15, 0.2) is 35.1 Å². The van der Waals surface area contributed by atoms with Crippen LogP contribution in [0.25, 0.3) is 10.9 Å². The molecule has 0 unspecified atom stereocenters. The first kappa shape index (κ1) is 16.1. The first-order valence-electron chi connectivity index (χ1n) is 6.98. The number of para-hydroxylation sites is 1. The standard InChI is InChI=1S/C17H21NO4/c1-10(2)13(19)9-12-16(22-5)11-7-6-8-14(21-4)15(11)18(3)17(12)20/h6-8,13,19H,1,9H2,2-5H3/t13-/m0/s1. The maximum atomic E-state index is 12.7. The molecule has 1 aromatic carbocycles. The average Bonchev–Trinajstić information content (AvgIpc) is 2.51. The van der Waals surface area contributed by atoms with E-state index in [-0.39, 0.29) is 12.0 Å². The van der Waals surface area contributed by atoms with Crippen molar-refractivity contribution in [2.45, 2.75) is 19.4 Å². The van der Waals surface area contributed by atoms with Crippen LogP contribution >= 0.6 is 0 Å². The van der Waals surface area contributed by atoms with Crippen LogP contribution in [0.5, 0.6) is 11.5 Å². The number of aromatic nitrogens is 1. The third-order valence-corrected chi connectivity index (χ3v) is 3.81. The Balaban J connectivity index is 2.81. The van der Waals surface area contributed by atoms with Crippen molar-refractivity contribution in [2.24, 2.45) is 7.05 Å². The van der Waals surface area contributed by atoms with E-state index in [0.717, 1.165) is 5.39 Å². The molecule has 1 N–H and O–H groups in total. The summed E-state index contributed by atoms with van der Waals surface area (Å²) in [4.78, 5) is 12.7. The fourth-order valence-corrected chi connectivity index (χ4v) is 2.56. The Labute approximate surface area is 129 Å². The number of aliphatic hydroxyl groups excluding tert-OH is 1. The summed E-state index contributed by atoms with van der Waals surface area (Å²) in [5.41, 5.74) is 1.49. The number of pyridine rings is 1. The molecule has 0 aliphatic carbocycles. The molecule has 1 aromatic heterocycles. The molecule has 5 heteroatoms. The van der Waals surface area contributed by atoms with E-state index in [1.807, 2.05) is 12.1 Å². The van der Waals surface area contributed by atoms with Crippen LogP contribution < -0.4 is 15.0 Å². The second-order valence-corrected chi connectivity index (χ2v) is 5.30. The highest BCUT2D eigenvalue weighted by atomic mass is 16.5. The lowest BCUT2D eigenvalue weighted by Crippen LogP contribution is -2.26. The molecule has 1 atom stereocenters. The van der Waals surface area contributed by atoms with Crippen molar-refractivity contribution in [1.29, 1.82) is 0 Å². The van der Waals surface area contributed by atoms with Gasteiger partial charge >= 0.3 is 0 Å². The van der Waals surface area contributed by atoms with Crippen LogP contribution in [0.4, 0.5) is 0 Å². The molecule has 0 spiro atoms. The van der Waals surface area contributed by atoms with Crippen molar-refractivity contribution in [2.75, 3.05) is 14.2 Å². The summed E-state index contributed by atoms with van der Waals surface area (Å²) < 4.78 is 12.3. The average molecular weight is 303 g/mol. The van der Waals surface area contributed by atoms with Gasteiger partial charge in [-0.2, -0.15) is 0 Å². The molecule has 0 radical (unpaired) electrons. The molecule has 0 fully saturated rings. The first-order valence-corrected chi connectivity index (χ1v) is 6.98. The number of aliphatic hydroxyl groups is 1. The van der Waals surface area contributed by atoms with Crippen molar-refractivity contribution >= 4 is 10.9 Å². The van der Waals surface area contributed by atoms with E-state index >= 15 is 0 Å². The van der Waals surface area contributed by atoms with Gasteiger partial charge in [0.1, 0.15) is 11.5 Å². The van der Waals surface area contributed by atoms with Gasteiger partial charge in [-0.15, -0.1) is 0 Å². The quantitative estimate of drug-likeness (QED) is 0.859. The molecule has 0 saturated carbocycles. The predicted molar refractivity (Wildman–Crippen MR) is 86.8 cm³/mol. The highest BCUT2D eigenvalue weighted by molar-refractivity contribution is 5.91. The number of benzene rings is 1. The van der Waals surface area contributed by atoms with Crippen molar-refractivity contribution in [1.82, 2.24) is 4.57 Å². The summed E-state index contributed by atoms with van der Waals surface area (Å²) >= 11 is 0. The largest absolute Gasteiger partial charge is 0.496 e. The number of hydrogen-bond donors (Lipinski definition) is 1. The summed E-state index contributed by atoms with van der Waals surface area (Å²) in [5.74, 6) is 1.07. The Hall–Kier alpha value is -2.27. The van der Waals surface area contributed by atoms with E-state index in [1.165, 1.54) is 11.7 Å². The first-order chi connectivity index (χ1) is 10.4. The zero-order valence-corrected chi connectivity index (χ0v) is 13.3. The third-order valence-electron chi connectivity index (χ3n) is 3.81. The molecule has 22 heavy (non-hydrogen) atoms. The number of hydrogen-bond acceptors (Lipinski definition) is 4. The van der Waals surface area contributed by atoms with Gasteiger partial charge in [0.2, 0.25) is 0 Å². The van der Waals surface area contributed by atoms with Gasteiger partial charge in [-0.1, -0.05) is 18.2 Å². The van der Waals surface area contributed by atoms with Crippen molar-refractivity contribution in [3.63, 3.8) is 0 Å². The highest BCUT2D eigenvalue weighted by Crippen LogP contribution is 2.33. The minimum Gasteiger partial charge on any atom is -0.496 e. The minimum atomic E-state index is -0.787. The topological polar surface area (TPSA) is 60.7 Å². The lowest BCUT2D eigenvalue weighted by Gasteiger charge is -2.18. The Morgan fingerprint density at radius 1 is 1.36 bits per heavy atom. The third kappa shape index (κ3) is 2.60. The zero-order valence-electron chi connectivity index (χ0n) is 13.3. The second-order valence-electron chi connectivity index (χ2n) is 5.30. The summed E-state index contributed by atoms with van der Waals surface area (Å²) in [5, 5.41) is 10.8. The number of fused-ring (bicyclic) bond motifs is 1. The Morgan fingerprint density at radius 3 is 2.59 bits per heavy atom. The molecule has 0 saturated heterocycles. The lowest BCUT2D eigenvalue weighted by atomic mass is 10.0. The number of nitrogens with zero attached hydrogens (tertiary/aromatic N) is 1. The van der Waals surface area contributed by atoms with Crippen molar-refractivity contribution in [3.8, 4) is 11.5 Å². The van der Waals surface area contributed by atoms with Crippen LogP contribution in [0, 0.1) is 0 Å². The van der Waals surface area contributed by atoms with Crippen molar-refractivity contribution < 1.29 is 14.6 Å². The second kappa shape index (κ2) is 6.23. The van der Waals surface area contributed by atoms with Crippen LogP contribution in [0.1, 0.15) is 12.5 Å². The van der Waals surface area contributed by atoms with Gasteiger partial charge < -0.3 is 19.1 Å². The van der Waals surface area contributed by atoms with E-state index in [0.29, 0.717) is 28.2 Å². The van der Waals surface area contributed by atoms with Gasteiger partial charge in [-0.05, 0) is 19.1 Å². The smallest absolute Gasteiger partial charge is 0.257 e. The zero-order chi connectivity index (χ0) is 16.4. The molecule has 0 bridgehead atoms. The van der Waals surface area contributed by atoms with E-state index in [4.69, 9.17) is 9.47 Å². The number of aryl methyl sites for hydroxylation is 1. The van der Waals surface area contributed by atoms with Gasteiger partial charge in [-0.25, -0.2) is 0 Å². The fourth-order valence-electron chi connectivity index (χ4n) is 2.56. The van der Waals surface area contributed by atoms with E-state index in [9.17, 15) is 9.90 Å². The number of ether oxygens (including phenoxy) is 2. The molecule has 2 aromatic rings. The lowest BCUT2D eigenvalue weighted by molar-refractivity contribution is 0.210. The molecule has 0 aliphatic rings. The molecule has 1 heterocycles. The van der Waals surface area contributed by atoms with Crippen LogP contribution in [-0.2, 0) is 13.5 Å². The van der Waals surface area contributed by atoms with Crippen molar-refractivity contribution in [3.05, 3.63) is 46.3 Å². The van der Waals surface area contributed by atoms with Crippen LogP contribution in [0.3, 0.4) is 0 Å². The molecule has 118 valence electrons. The van der Waals surface area contributed by atoms with E-state index in [2.05, 4.69) is 6.58 Å². The summed E-state index contributed by atoms with van der Waals surface area (Å²) in [6.07, 6.45) is -0.622. The van der Waals surface area contributed by atoms with Gasteiger partial charge in [0.05, 0.1) is 31.4 Å². The Kier molecular flexibility index (Phi) is 4.56. The molecular formula is C17H21NO4. The van der Waals surface area contributed by atoms with Crippen LogP contribution in [-0.4, -0.2) is 30.0 Å². The van der Waals surface area contributed by atoms with E-state index in [1.54, 1.807) is 27.1 Å². The molecule has 2 rings (SSSR count). The summed E-state index contributed by atoms with van der Waals surface area (Å²) in [6.45, 7) is 5.46.